The Morgan fingerprint density at radius 3 is 2.67 bits per heavy atom. The van der Waals surface area contributed by atoms with Crippen molar-refractivity contribution in [1.82, 2.24) is 5.32 Å². The molecule has 98 valence electrons. The predicted molar refractivity (Wildman–Crippen MR) is 63.6 cm³/mol. The van der Waals surface area contributed by atoms with E-state index in [1.807, 2.05) is 0 Å². The fraction of sp³-hybridized carbons (Fsp3) is 0.462. The van der Waals surface area contributed by atoms with Crippen molar-refractivity contribution in [2.24, 2.45) is 11.1 Å². The van der Waals surface area contributed by atoms with E-state index in [0.717, 1.165) is 18.9 Å². The Morgan fingerprint density at radius 2 is 2.17 bits per heavy atom. The van der Waals surface area contributed by atoms with Gasteiger partial charge in [-0.3, -0.25) is 4.79 Å². The van der Waals surface area contributed by atoms with Crippen LogP contribution >= 0.6 is 0 Å². The van der Waals surface area contributed by atoms with E-state index in [9.17, 15) is 13.6 Å². The number of benzene rings is 1. The Morgan fingerprint density at radius 1 is 1.50 bits per heavy atom. The van der Waals surface area contributed by atoms with Gasteiger partial charge in [0.1, 0.15) is 11.6 Å². The van der Waals surface area contributed by atoms with E-state index in [2.05, 4.69) is 5.32 Å². The lowest BCUT2D eigenvalue weighted by molar-refractivity contribution is -0.126. The molecule has 0 aromatic heterocycles. The summed E-state index contributed by atoms with van der Waals surface area (Å²) in [5, 5.41) is 2.73. The summed E-state index contributed by atoms with van der Waals surface area (Å²) in [7, 11) is 0. The fourth-order valence-corrected chi connectivity index (χ4v) is 1.95. The number of nitrogens with two attached hydrogens (primary N) is 1. The average Bonchev–Trinajstić information content (AvgIpc) is 3.09. The number of hydrogen-bond donors (Lipinski definition) is 2. The second kappa shape index (κ2) is 4.65. The summed E-state index contributed by atoms with van der Waals surface area (Å²) in [6, 6.07) is 2.84. The first-order valence-corrected chi connectivity index (χ1v) is 5.94. The number of hydrogen-bond acceptors (Lipinski definition) is 2. The van der Waals surface area contributed by atoms with Crippen LogP contribution in [0.3, 0.4) is 0 Å². The summed E-state index contributed by atoms with van der Waals surface area (Å²) in [4.78, 5) is 11.9. The maximum absolute atomic E-state index is 13.5. The van der Waals surface area contributed by atoms with E-state index in [-0.39, 0.29) is 11.5 Å². The molecule has 1 saturated carbocycles. The van der Waals surface area contributed by atoms with Crippen LogP contribution in [0.25, 0.3) is 0 Å². The lowest BCUT2D eigenvalue weighted by Gasteiger charge is -2.19. The third kappa shape index (κ3) is 2.36. The summed E-state index contributed by atoms with van der Waals surface area (Å²) in [6.07, 6.45) is 1.54. The molecule has 1 unspecified atom stereocenters. The standard InChI is InChI=1S/C13H16F2N2O/c1-8(10-3-2-9(14)6-11(10)15)17-12(18)13(7-16)4-5-13/h2-3,6,8H,4-5,7,16H2,1H3,(H,17,18). The average molecular weight is 254 g/mol. The predicted octanol–water partition coefficient (Wildman–Crippen LogP) is 1.88. The minimum Gasteiger partial charge on any atom is -0.349 e. The van der Waals surface area contributed by atoms with Crippen LogP contribution in [0.5, 0.6) is 0 Å². The maximum atomic E-state index is 13.5. The van der Waals surface area contributed by atoms with Gasteiger partial charge in [0.2, 0.25) is 5.91 Å². The lowest BCUT2D eigenvalue weighted by atomic mass is 10.0. The van der Waals surface area contributed by atoms with Crippen molar-refractivity contribution >= 4 is 5.91 Å². The quantitative estimate of drug-likeness (QED) is 0.862. The first kappa shape index (κ1) is 13.0. The number of rotatable bonds is 4. The molecule has 1 fully saturated rings. The molecule has 0 heterocycles. The van der Waals surface area contributed by atoms with Crippen molar-refractivity contribution in [2.75, 3.05) is 6.54 Å². The SMILES string of the molecule is CC(NC(=O)C1(CN)CC1)c1ccc(F)cc1F. The van der Waals surface area contributed by atoms with Crippen molar-refractivity contribution in [3.05, 3.63) is 35.4 Å². The molecule has 1 aromatic rings. The Bertz CT molecular complexity index is 472. The zero-order valence-electron chi connectivity index (χ0n) is 10.2. The summed E-state index contributed by atoms with van der Waals surface area (Å²) in [5.41, 5.74) is 5.36. The molecule has 0 spiro atoms. The zero-order valence-corrected chi connectivity index (χ0v) is 10.2. The molecule has 0 saturated heterocycles. The molecule has 0 radical (unpaired) electrons. The first-order chi connectivity index (χ1) is 8.48. The van der Waals surface area contributed by atoms with Gasteiger partial charge in [-0.2, -0.15) is 0 Å². The molecule has 1 aliphatic carbocycles. The molecule has 1 aliphatic rings. The Balaban J connectivity index is 2.08. The topological polar surface area (TPSA) is 55.1 Å². The molecule has 1 aromatic carbocycles. The lowest BCUT2D eigenvalue weighted by Crippen LogP contribution is -2.38. The highest BCUT2D eigenvalue weighted by atomic mass is 19.1. The molecule has 1 amide bonds. The van der Waals surface area contributed by atoms with Crippen LogP contribution in [-0.2, 0) is 4.79 Å². The van der Waals surface area contributed by atoms with Gasteiger partial charge in [-0.1, -0.05) is 6.07 Å². The Labute approximate surface area is 104 Å². The molecule has 18 heavy (non-hydrogen) atoms. The van der Waals surface area contributed by atoms with Crippen molar-refractivity contribution in [2.45, 2.75) is 25.8 Å². The molecular formula is C13H16F2N2O. The third-order valence-corrected chi connectivity index (χ3v) is 3.50. The Hall–Kier alpha value is -1.49. The largest absolute Gasteiger partial charge is 0.349 e. The van der Waals surface area contributed by atoms with Gasteiger partial charge in [0.25, 0.3) is 0 Å². The highest BCUT2D eigenvalue weighted by Gasteiger charge is 2.48. The van der Waals surface area contributed by atoms with Crippen molar-refractivity contribution in [3.63, 3.8) is 0 Å². The monoisotopic (exact) mass is 254 g/mol. The normalized spacial score (nSPS) is 18.2. The third-order valence-electron chi connectivity index (χ3n) is 3.50. The van der Waals surface area contributed by atoms with E-state index in [0.29, 0.717) is 6.54 Å². The summed E-state index contributed by atoms with van der Waals surface area (Å²) < 4.78 is 26.3. The highest BCUT2D eigenvalue weighted by molar-refractivity contribution is 5.85. The van der Waals surface area contributed by atoms with Gasteiger partial charge < -0.3 is 11.1 Å². The van der Waals surface area contributed by atoms with Gasteiger partial charge in [0.05, 0.1) is 11.5 Å². The number of carbonyl (C=O) groups excluding carboxylic acids is 1. The van der Waals surface area contributed by atoms with Crippen LogP contribution < -0.4 is 11.1 Å². The van der Waals surface area contributed by atoms with E-state index < -0.39 is 23.1 Å². The van der Waals surface area contributed by atoms with E-state index in [1.165, 1.54) is 12.1 Å². The minimum atomic E-state index is -0.652. The van der Waals surface area contributed by atoms with E-state index in [4.69, 9.17) is 5.73 Å². The molecule has 3 nitrogen and oxygen atoms in total. The van der Waals surface area contributed by atoms with Gasteiger partial charge in [-0.15, -0.1) is 0 Å². The van der Waals surface area contributed by atoms with Crippen molar-refractivity contribution in [1.29, 1.82) is 0 Å². The van der Waals surface area contributed by atoms with Crippen LogP contribution in [0.15, 0.2) is 18.2 Å². The molecular weight excluding hydrogens is 238 g/mol. The van der Waals surface area contributed by atoms with Crippen LogP contribution in [0.4, 0.5) is 8.78 Å². The zero-order chi connectivity index (χ0) is 13.3. The second-order valence-electron chi connectivity index (χ2n) is 4.85. The van der Waals surface area contributed by atoms with E-state index >= 15 is 0 Å². The summed E-state index contributed by atoms with van der Waals surface area (Å²) in [5.74, 6) is -1.43. The van der Waals surface area contributed by atoms with Gasteiger partial charge in [0.15, 0.2) is 0 Å². The van der Waals surface area contributed by atoms with Gasteiger partial charge in [0, 0.05) is 18.2 Å². The molecule has 2 rings (SSSR count). The molecule has 5 heteroatoms. The number of halogens is 2. The van der Waals surface area contributed by atoms with Crippen LogP contribution in [0.2, 0.25) is 0 Å². The van der Waals surface area contributed by atoms with Gasteiger partial charge in [-0.05, 0) is 25.8 Å². The smallest absolute Gasteiger partial charge is 0.227 e. The number of amides is 1. The molecule has 1 atom stereocenters. The van der Waals surface area contributed by atoms with Crippen molar-refractivity contribution in [3.8, 4) is 0 Å². The summed E-state index contributed by atoms with van der Waals surface area (Å²) >= 11 is 0. The second-order valence-corrected chi connectivity index (χ2v) is 4.85. The van der Waals surface area contributed by atoms with Crippen molar-refractivity contribution < 1.29 is 13.6 Å². The van der Waals surface area contributed by atoms with E-state index in [1.54, 1.807) is 6.92 Å². The molecule has 0 aliphatic heterocycles. The van der Waals surface area contributed by atoms with Gasteiger partial charge in [-0.25, -0.2) is 8.78 Å². The highest BCUT2D eigenvalue weighted by Crippen LogP contribution is 2.45. The Kier molecular flexibility index (Phi) is 3.34. The molecule has 0 bridgehead atoms. The van der Waals surface area contributed by atoms with Crippen LogP contribution in [0.1, 0.15) is 31.4 Å². The van der Waals surface area contributed by atoms with Crippen LogP contribution in [0, 0.1) is 17.0 Å². The maximum Gasteiger partial charge on any atom is 0.227 e. The fourth-order valence-electron chi connectivity index (χ4n) is 1.95. The van der Waals surface area contributed by atoms with Crippen LogP contribution in [-0.4, -0.2) is 12.5 Å². The molecule has 3 N–H and O–H groups in total. The number of nitrogens with one attached hydrogen (secondary N) is 1. The number of carbonyl (C=O) groups is 1. The van der Waals surface area contributed by atoms with Gasteiger partial charge >= 0.3 is 0 Å². The summed E-state index contributed by atoms with van der Waals surface area (Å²) in [6.45, 7) is 1.97. The first-order valence-electron chi connectivity index (χ1n) is 5.94. The minimum absolute atomic E-state index is 0.152.